The molecule has 11 nitrogen and oxygen atoms in total. The Labute approximate surface area is 307 Å². The molecule has 3 atom stereocenters. The molecule has 268 valence electrons. The number of nitrogens with one attached hydrogen (secondary N) is 3. The van der Waals surface area contributed by atoms with Crippen LogP contribution in [0.4, 0.5) is 4.79 Å². The van der Waals surface area contributed by atoms with Crippen molar-refractivity contribution in [2.45, 2.75) is 50.2 Å². The van der Waals surface area contributed by atoms with Crippen molar-refractivity contribution >= 4 is 28.9 Å². The van der Waals surface area contributed by atoms with E-state index in [-0.39, 0.29) is 23.9 Å². The van der Waals surface area contributed by atoms with Crippen molar-refractivity contribution < 1.29 is 19.1 Å². The van der Waals surface area contributed by atoms with Gasteiger partial charge >= 0.3 is 6.09 Å². The maximum Gasteiger partial charge on any atom is 0.407 e. The Bertz CT molecular complexity index is 2230. The zero-order valence-electron chi connectivity index (χ0n) is 29.5. The third kappa shape index (κ3) is 7.02. The number of ether oxygens (including phenoxy) is 1. The smallest absolute Gasteiger partial charge is 0.407 e. The van der Waals surface area contributed by atoms with E-state index in [1.807, 2.05) is 77.8 Å². The van der Waals surface area contributed by atoms with Crippen LogP contribution in [0.5, 0.6) is 0 Å². The lowest BCUT2D eigenvalue weighted by atomic mass is 10.0. The van der Waals surface area contributed by atoms with E-state index in [4.69, 9.17) is 14.7 Å². The first-order chi connectivity index (χ1) is 25.9. The predicted molar refractivity (Wildman–Crippen MR) is 201 cm³/mol. The molecule has 0 aliphatic carbocycles. The molecular formula is C42H41N7O4. The van der Waals surface area contributed by atoms with Crippen molar-refractivity contribution in [2.75, 3.05) is 20.2 Å². The second-order valence-corrected chi connectivity index (χ2v) is 13.7. The van der Waals surface area contributed by atoms with Crippen molar-refractivity contribution in [1.82, 2.24) is 35.1 Å². The lowest BCUT2D eigenvalue weighted by Crippen LogP contribution is -2.42. The number of aromatic nitrogens is 4. The minimum atomic E-state index is -0.872. The van der Waals surface area contributed by atoms with E-state index in [9.17, 15) is 14.4 Å². The monoisotopic (exact) mass is 707 g/mol. The highest BCUT2D eigenvalue weighted by Crippen LogP contribution is 2.36. The van der Waals surface area contributed by atoms with Crippen molar-refractivity contribution in [3.63, 3.8) is 0 Å². The van der Waals surface area contributed by atoms with Gasteiger partial charge in [-0.15, -0.1) is 0 Å². The second kappa shape index (κ2) is 14.8. The number of benzene rings is 4. The molecule has 3 amide bonds. The Morgan fingerprint density at radius 3 is 2.19 bits per heavy atom. The Morgan fingerprint density at radius 2 is 1.45 bits per heavy atom. The first kappa shape index (κ1) is 33.9. The van der Waals surface area contributed by atoms with Crippen LogP contribution in [0.25, 0.3) is 33.4 Å². The number of hydrogen-bond acceptors (Lipinski definition) is 6. The van der Waals surface area contributed by atoms with E-state index in [2.05, 4.69) is 51.7 Å². The van der Waals surface area contributed by atoms with Gasteiger partial charge in [0.2, 0.25) is 5.91 Å². The van der Waals surface area contributed by atoms with Crippen molar-refractivity contribution in [1.29, 1.82) is 0 Å². The average molecular weight is 708 g/mol. The zero-order valence-corrected chi connectivity index (χ0v) is 29.5. The molecule has 4 heterocycles. The number of imidazole rings is 2. The molecule has 2 saturated heterocycles. The topological polar surface area (TPSA) is 136 Å². The summed E-state index contributed by atoms with van der Waals surface area (Å²) in [5.74, 6) is 1.47. The number of amides is 3. The highest BCUT2D eigenvalue weighted by Gasteiger charge is 2.37. The van der Waals surface area contributed by atoms with Crippen LogP contribution in [-0.4, -0.2) is 67.8 Å². The minimum absolute atomic E-state index is 0.0542. The molecule has 0 bridgehead atoms. The Kier molecular flexibility index (Phi) is 9.45. The molecule has 2 aliphatic rings. The third-order valence-corrected chi connectivity index (χ3v) is 10.4. The van der Waals surface area contributed by atoms with Crippen LogP contribution in [0.15, 0.2) is 109 Å². The number of likely N-dealkylation sites (tertiary alicyclic amines) is 2. The third-order valence-electron chi connectivity index (χ3n) is 10.4. The van der Waals surface area contributed by atoms with Gasteiger partial charge in [-0.1, -0.05) is 91.0 Å². The molecule has 53 heavy (non-hydrogen) atoms. The molecule has 2 aliphatic heterocycles. The van der Waals surface area contributed by atoms with E-state index >= 15 is 0 Å². The summed E-state index contributed by atoms with van der Waals surface area (Å²) < 4.78 is 4.83. The van der Waals surface area contributed by atoms with Gasteiger partial charge in [0.05, 0.1) is 42.3 Å². The number of hydrogen-bond donors (Lipinski definition) is 3. The van der Waals surface area contributed by atoms with Gasteiger partial charge in [0, 0.05) is 24.8 Å². The standard InChI is InChI=1S/C42H41N7O4/c1-53-42(52)47-38(30-12-6-3-7-13-30)41(51)49-23-9-15-36(49)40-44-32-21-20-31(25-33(32)45-40)28-16-18-29(19-17-28)34-26-43-39(46-34)35-14-8-22-48(35)37(50)24-27-10-4-2-5-11-27/h2-7,10-13,16-21,25-26,35-36,38H,8-9,14-15,22-24H2,1H3,(H,43,46)(H,44,45)(H,47,52)/t35-,36-,38+/m0/s1. The van der Waals surface area contributed by atoms with Gasteiger partial charge in [-0.3, -0.25) is 9.59 Å². The number of methoxy groups -OCH3 is 1. The lowest BCUT2D eigenvalue weighted by Gasteiger charge is -2.28. The summed E-state index contributed by atoms with van der Waals surface area (Å²) in [6.45, 7) is 1.30. The molecule has 8 rings (SSSR count). The van der Waals surface area contributed by atoms with Crippen molar-refractivity contribution in [2.24, 2.45) is 0 Å². The zero-order chi connectivity index (χ0) is 36.3. The minimum Gasteiger partial charge on any atom is -0.453 e. The number of aromatic amines is 2. The highest BCUT2D eigenvalue weighted by molar-refractivity contribution is 5.88. The van der Waals surface area contributed by atoms with Crippen LogP contribution in [0.1, 0.15) is 66.6 Å². The molecular weight excluding hydrogens is 667 g/mol. The fourth-order valence-electron chi connectivity index (χ4n) is 7.67. The summed E-state index contributed by atoms with van der Waals surface area (Å²) >= 11 is 0. The maximum absolute atomic E-state index is 13.9. The molecule has 0 spiro atoms. The van der Waals surface area contributed by atoms with Gasteiger partial charge in [-0.05, 0) is 60.1 Å². The maximum atomic E-state index is 13.9. The number of carbonyl (C=O) groups is 3. The first-order valence-electron chi connectivity index (χ1n) is 18.1. The SMILES string of the molecule is COC(=O)N[C@@H](C(=O)N1CCC[C@H]1c1nc2ccc(-c3ccc(-c4c[nH]c([C@@H]5CCCN5C(=O)Cc5ccccc5)n4)cc3)cc2[nH]1)c1ccccc1. The van der Waals surface area contributed by atoms with Crippen LogP contribution in [0.3, 0.4) is 0 Å². The van der Waals surface area contributed by atoms with E-state index in [1.54, 1.807) is 4.90 Å². The van der Waals surface area contributed by atoms with Crippen LogP contribution in [0, 0.1) is 0 Å². The molecule has 0 radical (unpaired) electrons. The summed E-state index contributed by atoms with van der Waals surface area (Å²) in [5.41, 5.74) is 7.32. The van der Waals surface area contributed by atoms with Gasteiger partial charge in [-0.25, -0.2) is 14.8 Å². The second-order valence-electron chi connectivity index (χ2n) is 13.7. The van der Waals surface area contributed by atoms with Gasteiger partial charge in [-0.2, -0.15) is 0 Å². The molecule has 2 aromatic heterocycles. The fraction of sp³-hybridized carbons (Fsp3) is 0.262. The van der Waals surface area contributed by atoms with Gasteiger partial charge in [0.15, 0.2) is 0 Å². The molecule has 0 unspecified atom stereocenters. The molecule has 11 heteroatoms. The molecule has 4 aromatic carbocycles. The summed E-state index contributed by atoms with van der Waals surface area (Å²) in [5, 5.41) is 2.72. The van der Waals surface area contributed by atoms with E-state index in [0.29, 0.717) is 18.5 Å². The Balaban J connectivity index is 0.968. The molecule has 2 fully saturated rings. The summed E-state index contributed by atoms with van der Waals surface area (Å²) in [6, 6.07) is 32.4. The Morgan fingerprint density at radius 1 is 0.792 bits per heavy atom. The lowest BCUT2D eigenvalue weighted by molar-refractivity contribution is -0.134. The molecule has 6 aromatic rings. The number of nitrogens with zero attached hydrogens (tertiary/aromatic N) is 4. The van der Waals surface area contributed by atoms with Crippen LogP contribution < -0.4 is 5.32 Å². The normalized spacial score (nSPS) is 17.6. The summed E-state index contributed by atoms with van der Waals surface area (Å²) in [4.78, 5) is 59.8. The predicted octanol–water partition coefficient (Wildman–Crippen LogP) is 7.29. The van der Waals surface area contributed by atoms with E-state index in [1.165, 1.54) is 7.11 Å². The highest BCUT2D eigenvalue weighted by atomic mass is 16.5. The van der Waals surface area contributed by atoms with Crippen LogP contribution >= 0.6 is 0 Å². The summed E-state index contributed by atoms with van der Waals surface area (Å²) in [7, 11) is 1.29. The quantitative estimate of drug-likeness (QED) is 0.144. The Hall–Kier alpha value is -6.23. The average Bonchev–Trinajstić information content (AvgIpc) is 4.03. The van der Waals surface area contributed by atoms with Crippen LogP contribution in [0.2, 0.25) is 0 Å². The van der Waals surface area contributed by atoms with Crippen molar-refractivity contribution in [3.05, 3.63) is 132 Å². The molecule has 3 N–H and O–H groups in total. The number of H-pyrrole nitrogens is 2. The van der Waals surface area contributed by atoms with Crippen molar-refractivity contribution in [3.8, 4) is 22.4 Å². The number of rotatable bonds is 9. The largest absolute Gasteiger partial charge is 0.453 e. The van der Waals surface area contributed by atoms with E-state index in [0.717, 1.165) is 82.9 Å². The fourth-order valence-corrected chi connectivity index (χ4v) is 7.67. The number of fused-ring (bicyclic) bond motifs is 1. The molecule has 0 saturated carbocycles. The van der Waals surface area contributed by atoms with Gasteiger partial charge < -0.3 is 29.8 Å². The first-order valence-corrected chi connectivity index (χ1v) is 18.1. The number of alkyl carbamates (subject to hydrolysis) is 1. The number of carbonyl (C=O) groups excluding carboxylic acids is 3. The summed E-state index contributed by atoms with van der Waals surface area (Å²) in [6.07, 6.45) is 5.08. The van der Waals surface area contributed by atoms with Crippen LogP contribution in [-0.2, 0) is 20.7 Å². The van der Waals surface area contributed by atoms with E-state index < -0.39 is 12.1 Å². The van der Waals surface area contributed by atoms with Gasteiger partial charge in [0.1, 0.15) is 17.7 Å². The van der Waals surface area contributed by atoms with Gasteiger partial charge in [0.25, 0.3) is 5.91 Å².